The van der Waals surface area contributed by atoms with Crippen molar-refractivity contribution in [1.29, 1.82) is 0 Å². The second kappa shape index (κ2) is 8.38. The Morgan fingerprint density at radius 2 is 1.60 bits per heavy atom. The van der Waals surface area contributed by atoms with Crippen molar-refractivity contribution < 1.29 is 24.2 Å². The van der Waals surface area contributed by atoms with E-state index in [0.717, 1.165) is 5.56 Å². The van der Waals surface area contributed by atoms with Crippen LogP contribution in [-0.4, -0.2) is 26.4 Å². The highest BCUT2D eigenvalue weighted by molar-refractivity contribution is 6.17. The molecule has 0 bridgehead atoms. The number of fused-ring (bicyclic) bond motifs is 3. The molecule has 35 heavy (non-hydrogen) atoms. The van der Waals surface area contributed by atoms with Gasteiger partial charge in [0.2, 0.25) is 5.88 Å². The highest BCUT2D eigenvalue weighted by Gasteiger charge is 2.29. The smallest absolute Gasteiger partial charge is 0.361 e. The zero-order valence-electron chi connectivity index (χ0n) is 18.3. The number of carbonyl (C=O) groups is 2. The Balaban J connectivity index is 1.83. The largest absolute Gasteiger partial charge is 0.493 e. The molecule has 2 heterocycles. The van der Waals surface area contributed by atoms with Gasteiger partial charge < -0.3 is 14.6 Å². The van der Waals surface area contributed by atoms with Crippen LogP contribution in [-0.2, 0) is 0 Å². The molecule has 172 valence electrons. The quantitative estimate of drug-likeness (QED) is 0.262. The third kappa shape index (κ3) is 3.65. The number of ketones is 1. The maximum absolute atomic E-state index is 13.6. The number of para-hydroxylation sites is 2. The lowest BCUT2D eigenvalue weighted by Gasteiger charge is -2.03. The Kier molecular flexibility index (Phi) is 5.21. The average Bonchev–Trinajstić information content (AvgIpc) is 3.16. The van der Waals surface area contributed by atoms with Crippen LogP contribution in [0.2, 0.25) is 0 Å². The van der Waals surface area contributed by atoms with Crippen LogP contribution < -0.4 is 5.63 Å². The Bertz CT molecular complexity index is 1730. The molecule has 0 aliphatic heterocycles. The molecular formula is C26H17N3O6. The van der Waals surface area contributed by atoms with Crippen molar-refractivity contribution in [3.63, 3.8) is 0 Å². The number of carboxylic acid groups (broad SMARTS) is 1. The van der Waals surface area contributed by atoms with Gasteiger partial charge in [-0.2, -0.15) is 0 Å². The molecule has 0 aliphatic rings. The van der Waals surface area contributed by atoms with E-state index in [-0.39, 0.29) is 39.2 Å². The maximum Gasteiger partial charge on any atom is 0.361 e. The minimum atomic E-state index is -1.21. The Hall–Kier alpha value is -5.05. The van der Waals surface area contributed by atoms with Gasteiger partial charge in [0.05, 0.1) is 16.6 Å². The first-order valence-corrected chi connectivity index (χ1v) is 10.5. The van der Waals surface area contributed by atoms with E-state index in [0.29, 0.717) is 5.52 Å². The molecule has 3 aromatic carbocycles. The van der Waals surface area contributed by atoms with Crippen molar-refractivity contribution >= 4 is 39.7 Å². The van der Waals surface area contributed by atoms with Crippen LogP contribution >= 0.6 is 0 Å². The minimum absolute atomic E-state index is 0.0142. The van der Waals surface area contributed by atoms with Crippen molar-refractivity contribution in [2.24, 2.45) is 10.2 Å². The number of carboxylic acids is 1. The minimum Gasteiger partial charge on any atom is -0.493 e. The third-order valence-corrected chi connectivity index (χ3v) is 5.56. The molecule has 2 N–H and O–H groups in total. The number of hydrogen-bond acceptors (Lipinski definition) is 7. The van der Waals surface area contributed by atoms with Crippen molar-refractivity contribution in [3.05, 3.63) is 105 Å². The molecule has 0 amide bonds. The molecule has 0 atom stereocenters. The highest BCUT2D eigenvalue weighted by Crippen LogP contribution is 2.40. The van der Waals surface area contributed by atoms with Gasteiger partial charge in [-0.1, -0.05) is 54.1 Å². The fraction of sp³-hybridized carbons (Fsp3) is 0.0385. The molecule has 0 spiro atoms. The fourth-order valence-electron chi connectivity index (χ4n) is 3.86. The van der Waals surface area contributed by atoms with E-state index in [2.05, 4.69) is 10.2 Å². The van der Waals surface area contributed by atoms with Crippen molar-refractivity contribution in [1.82, 2.24) is 4.40 Å². The van der Waals surface area contributed by atoms with Gasteiger partial charge in [-0.05, 0) is 31.2 Å². The van der Waals surface area contributed by atoms with Crippen LogP contribution in [0.25, 0.3) is 16.6 Å². The van der Waals surface area contributed by atoms with Gasteiger partial charge in [-0.3, -0.25) is 9.20 Å². The molecule has 0 saturated carbocycles. The second-order valence-corrected chi connectivity index (χ2v) is 7.81. The monoisotopic (exact) mass is 467 g/mol. The summed E-state index contributed by atoms with van der Waals surface area (Å²) in [5.41, 5.74) is 0.0984. The van der Waals surface area contributed by atoms with Gasteiger partial charge in [-0.15, -0.1) is 10.2 Å². The molecule has 9 heteroatoms. The van der Waals surface area contributed by atoms with E-state index in [1.807, 2.05) is 6.92 Å². The topological polar surface area (TPSA) is 134 Å². The summed E-state index contributed by atoms with van der Waals surface area (Å²) in [7, 11) is 0. The number of hydrogen-bond donors (Lipinski definition) is 2. The average molecular weight is 467 g/mol. The molecule has 0 fully saturated rings. The molecule has 0 saturated heterocycles. The van der Waals surface area contributed by atoms with E-state index in [9.17, 15) is 24.6 Å². The zero-order chi connectivity index (χ0) is 24.7. The Labute approximate surface area is 197 Å². The summed E-state index contributed by atoms with van der Waals surface area (Å²) in [4.78, 5) is 38.1. The molecular weight excluding hydrogens is 450 g/mol. The molecule has 0 radical (unpaired) electrons. The second-order valence-electron chi connectivity index (χ2n) is 7.81. The number of carbonyl (C=O) groups excluding carboxylic acids is 1. The number of rotatable bonds is 5. The van der Waals surface area contributed by atoms with Gasteiger partial charge in [0.15, 0.2) is 17.1 Å². The Morgan fingerprint density at radius 1 is 0.914 bits per heavy atom. The van der Waals surface area contributed by atoms with Crippen LogP contribution in [0.5, 0.6) is 5.88 Å². The van der Waals surface area contributed by atoms with E-state index in [4.69, 9.17) is 4.42 Å². The summed E-state index contributed by atoms with van der Waals surface area (Å²) < 4.78 is 6.61. The first kappa shape index (κ1) is 21.8. The Morgan fingerprint density at radius 3 is 2.34 bits per heavy atom. The van der Waals surface area contributed by atoms with Gasteiger partial charge >= 0.3 is 11.6 Å². The van der Waals surface area contributed by atoms with Crippen LogP contribution in [0.3, 0.4) is 0 Å². The van der Waals surface area contributed by atoms with Crippen LogP contribution in [0, 0.1) is 6.92 Å². The summed E-state index contributed by atoms with van der Waals surface area (Å²) in [6.45, 7) is 1.87. The van der Waals surface area contributed by atoms with Gasteiger partial charge in [-0.25, -0.2) is 9.59 Å². The molecule has 2 aromatic heterocycles. The number of aromatic carboxylic acids is 1. The number of aromatic nitrogens is 1. The first-order chi connectivity index (χ1) is 16.9. The number of nitrogens with zero attached hydrogens (tertiary/aromatic N) is 3. The summed E-state index contributed by atoms with van der Waals surface area (Å²) >= 11 is 0. The number of aryl methyl sites for hydroxylation is 1. The molecule has 9 nitrogen and oxygen atoms in total. The number of aromatic hydroxyl groups is 1. The zero-order valence-corrected chi connectivity index (χ0v) is 18.3. The van der Waals surface area contributed by atoms with Crippen molar-refractivity contribution in [3.8, 4) is 5.88 Å². The molecule has 0 unspecified atom stereocenters. The van der Waals surface area contributed by atoms with Gasteiger partial charge in [0.1, 0.15) is 11.2 Å². The van der Waals surface area contributed by atoms with Crippen molar-refractivity contribution in [2.75, 3.05) is 0 Å². The summed E-state index contributed by atoms with van der Waals surface area (Å²) in [6.07, 6.45) is 0. The SMILES string of the molecule is Cc1ccc(C(=O)c2c(N=Nc3ccccc3C(=O)O)c(O)n3c2c(=O)oc2ccccc23)cc1. The molecule has 0 aliphatic carbocycles. The third-order valence-electron chi connectivity index (χ3n) is 5.56. The first-order valence-electron chi connectivity index (χ1n) is 10.5. The lowest BCUT2D eigenvalue weighted by atomic mass is 10.0. The predicted octanol–water partition coefficient (Wildman–Crippen LogP) is 5.40. The summed E-state index contributed by atoms with van der Waals surface area (Å²) in [5.74, 6) is -2.30. The normalized spacial score (nSPS) is 11.5. The maximum atomic E-state index is 13.6. The highest BCUT2D eigenvalue weighted by atomic mass is 16.4. The predicted molar refractivity (Wildman–Crippen MR) is 127 cm³/mol. The van der Waals surface area contributed by atoms with E-state index in [1.54, 1.807) is 54.6 Å². The van der Waals surface area contributed by atoms with Crippen LogP contribution in [0.15, 0.2) is 92.2 Å². The lowest BCUT2D eigenvalue weighted by molar-refractivity contribution is 0.0697. The van der Waals surface area contributed by atoms with E-state index >= 15 is 0 Å². The standard InChI is InChI=1S/C26H17N3O6/c1-14-10-12-15(13-11-14)23(30)20-21(28-27-17-7-3-2-6-16(17)25(32)33)24(31)29-18-8-4-5-9-19(18)35-26(34)22(20)29/h2-13,31H,1H3,(H,32,33). The fourth-order valence-corrected chi connectivity index (χ4v) is 3.86. The van der Waals surface area contributed by atoms with E-state index < -0.39 is 23.3 Å². The molecule has 5 rings (SSSR count). The summed E-state index contributed by atoms with van der Waals surface area (Å²) in [6, 6.07) is 19.1. The van der Waals surface area contributed by atoms with E-state index in [1.165, 1.54) is 22.6 Å². The van der Waals surface area contributed by atoms with Gasteiger partial charge in [0.25, 0.3) is 0 Å². The van der Waals surface area contributed by atoms with Crippen molar-refractivity contribution in [2.45, 2.75) is 6.92 Å². The van der Waals surface area contributed by atoms with Crippen LogP contribution in [0.1, 0.15) is 31.8 Å². The summed E-state index contributed by atoms with van der Waals surface area (Å²) in [5, 5.41) is 28.6. The lowest BCUT2D eigenvalue weighted by Crippen LogP contribution is -2.10. The van der Waals surface area contributed by atoms with Gasteiger partial charge in [0, 0.05) is 5.56 Å². The molecule has 5 aromatic rings. The van der Waals surface area contributed by atoms with Crippen LogP contribution in [0.4, 0.5) is 11.4 Å². The number of azo groups is 1. The number of benzene rings is 3.